The van der Waals surface area contributed by atoms with Crippen LogP contribution >= 0.6 is 0 Å². The van der Waals surface area contributed by atoms with Crippen LogP contribution in [-0.4, -0.2) is 33.3 Å². The Kier molecular flexibility index (Phi) is 5.60. The Morgan fingerprint density at radius 1 is 1.18 bits per heavy atom. The molecule has 1 aliphatic rings. The number of nitrogens with one attached hydrogen (secondary N) is 1. The van der Waals surface area contributed by atoms with Gasteiger partial charge in [-0.3, -0.25) is 10.1 Å². The van der Waals surface area contributed by atoms with Crippen LogP contribution in [0.1, 0.15) is 31.2 Å². The third-order valence-electron chi connectivity index (χ3n) is 5.43. The number of nitrogens with zero attached hydrogens (tertiary/aromatic N) is 1. The summed E-state index contributed by atoms with van der Waals surface area (Å²) in [5.41, 5.74) is 1.06. The Morgan fingerprint density at radius 2 is 1.86 bits per heavy atom. The molecular formula is C20H24N2O5S. The van der Waals surface area contributed by atoms with Crippen LogP contribution in [0, 0.1) is 10.1 Å². The van der Waals surface area contributed by atoms with E-state index in [1.807, 2.05) is 18.2 Å². The van der Waals surface area contributed by atoms with E-state index in [0.717, 1.165) is 49.3 Å². The Hall–Kier alpha value is -2.61. The summed E-state index contributed by atoms with van der Waals surface area (Å²) in [5, 5.41) is 14.3. The van der Waals surface area contributed by atoms with Crippen molar-refractivity contribution in [2.24, 2.45) is 0 Å². The first-order valence-corrected chi connectivity index (χ1v) is 11.0. The van der Waals surface area contributed by atoms with E-state index >= 15 is 0 Å². The molecule has 7 nitrogen and oxygen atoms in total. The SMILES string of the molecule is COc1ccccc1C1(CNc2ccc([N+](=O)[O-])cc2S(C)(=O)=O)CCCC1. The monoisotopic (exact) mass is 404 g/mol. The number of rotatable bonds is 7. The molecular weight excluding hydrogens is 380 g/mol. The van der Waals surface area contributed by atoms with Gasteiger partial charge in [0.2, 0.25) is 0 Å². The zero-order valence-electron chi connectivity index (χ0n) is 16.0. The van der Waals surface area contributed by atoms with E-state index in [9.17, 15) is 18.5 Å². The quantitative estimate of drug-likeness (QED) is 0.554. The van der Waals surface area contributed by atoms with Crippen molar-refractivity contribution in [1.29, 1.82) is 0 Å². The van der Waals surface area contributed by atoms with Gasteiger partial charge < -0.3 is 10.1 Å². The first-order chi connectivity index (χ1) is 13.3. The van der Waals surface area contributed by atoms with Gasteiger partial charge in [-0.05, 0) is 25.0 Å². The van der Waals surface area contributed by atoms with E-state index in [0.29, 0.717) is 12.2 Å². The molecule has 0 saturated heterocycles. The Balaban J connectivity index is 1.96. The molecule has 8 heteroatoms. The average Bonchev–Trinajstić information content (AvgIpc) is 3.15. The summed E-state index contributed by atoms with van der Waals surface area (Å²) < 4.78 is 29.9. The van der Waals surface area contributed by atoms with E-state index < -0.39 is 14.8 Å². The molecule has 0 spiro atoms. The van der Waals surface area contributed by atoms with Gasteiger partial charge >= 0.3 is 0 Å². The lowest BCUT2D eigenvalue weighted by Crippen LogP contribution is -2.32. The van der Waals surface area contributed by atoms with Crippen molar-refractivity contribution < 1.29 is 18.1 Å². The van der Waals surface area contributed by atoms with Crippen molar-refractivity contribution in [2.45, 2.75) is 36.0 Å². The number of sulfone groups is 1. The van der Waals surface area contributed by atoms with Crippen molar-refractivity contribution in [3.63, 3.8) is 0 Å². The number of benzene rings is 2. The number of methoxy groups -OCH3 is 1. The topological polar surface area (TPSA) is 98.5 Å². The molecule has 0 aliphatic heterocycles. The molecule has 2 aromatic rings. The first-order valence-electron chi connectivity index (χ1n) is 9.13. The molecule has 0 atom stereocenters. The molecule has 3 rings (SSSR count). The lowest BCUT2D eigenvalue weighted by molar-refractivity contribution is -0.385. The van der Waals surface area contributed by atoms with E-state index in [1.165, 1.54) is 12.1 Å². The number of hydrogen-bond acceptors (Lipinski definition) is 6. The second-order valence-corrected chi connectivity index (χ2v) is 9.24. The number of anilines is 1. The van der Waals surface area contributed by atoms with E-state index in [4.69, 9.17) is 4.74 Å². The maximum atomic E-state index is 12.2. The van der Waals surface area contributed by atoms with Crippen LogP contribution in [0.25, 0.3) is 0 Å². The van der Waals surface area contributed by atoms with Gasteiger partial charge in [-0.25, -0.2) is 8.42 Å². The van der Waals surface area contributed by atoms with Gasteiger partial charge in [0, 0.05) is 35.9 Å². The summed E-state index contributed by atoms with van der Waals surface area (Å²) in [6, 6.07) is 11.8. The van der Waals surface area contributed by atoms with Crippen LogP contribution in [0.15, 0.2) is 47.4 Å². The predicted octanol–water partition coefficient (Wildman–Crippen LogP) is 3.93. The molecule has 1 aliphatic carbocycles. The Labute approximate surface area is 164 Å². The van der Waals surface area contributed by atoms with Crippen LogP contribution < -0.4 is 10.1 Å². The minimum absolute atomic E-state index is 0.0603. The molecule has 1 saturated carbocycles. The lowest BCUT2D eigenvalue weighted by atomic mass is 9.78. The lowest BCUT2D eigenvalue weighted by Gasteiger charge is -2.32. The van der Waals surface area contributed by atoms with Gasteiger partial charge in [-0.1, -0.05) is 31.0 Å². The van der Waals surface area contributed by atoms with Crippen LogP contribution in [0.4, 0.5) is 11.4 Å². The van der Waals surface area contributed by atoms with Crippen LogP contribution in [0.5, 0.6) is 5.75 Å². The van der Waals surface area contributed by atoms with Crippen molar-refractivity contribution in [1.82, 2.24) is 0 Å². The highest BCUT2D eigenvalue weighted by molar-refractivity contribution is 7.90. The molecule has 0 amide bonds. The molecule has 0 heterocycles. The van der Waals surface area contributed by atoms with E-state index in [-0.39, 0.29) is 16.0 Å². The van der Waals surface area contributed by atoms with Crippen molar-refractivity contribution in [3.05, 3.63) is 58.1 Å². The van der Waals surface area contributed by atoms with Crippen molar-refractivity contribution >= 4 is 21.2 Å². The van der Waals surface area contributed by atoms with Gasteiger partial charge in [0.05, 0.1) is 22.6 Å². The fourth-order valence-corrected chi connectivity index (χ4v) is 4.89. The molecule has 0 aromatic heterocycles. The van der Waals surface area contributed by atoms with Crippen molar-refractivity contribution in [3.8, 4) is 5.75 Å². The number of ether oxygens (including phenoxy) is 1. The van der Waals surface area contributed by atoms with Gasteiger partial charge in [-0.2, -0.15) is 0 Å². The minimum Gasteiger partial charge on any atom is -0.496 e. The maximum Gasteiger partial charge on any atom is 0.270 e. The highest BCUT2D eigenvalue weighted by Crippen LogP contribution is 2.45. The molecule has 2 aromatic carbocycles. The summed E-state index contributed by atoms with van der Waals surface area (Å²) >= 11 is 0. The zero-order chi connectivity index (χ0) is 20.4. The number of para-hydroxylation sites is 1. The van der Waals surface area contributed by atoms with Gasteiger partial charge in [0.15, 0.2) is 9.84 Å². The molecule has 0 bridgehead atoms. The number of non-ortho nitro benzene ring substituents is 1. The number of nitro benzene ring substituents is 1. The summed E-state index contributed by atoms with van der Waals surface area (Å²) in [6.45, 7) is 0.522. The standard InChI is InChI=1S/C20H24N2O5S/c1-27-18-8-4-3-7-16(18)20(11-5-6-12-20)14-21-17-10-9-15(22(23)24)13-19(17)28(2,25)26/h3-4,7-10,13,21H,5-6,11-12,14H2,1-2H3. The summed E-state index contributed by atoms with van der Waals surface area (Å²) in [7, 11) is -1.98. The van der Waals surface area contributed by atoms with Gasteiger partial charge in [0.1, 0.15) is 5.75 Å². The second kappa shape index (κ2) is 7.79. The molecule has 1 fully saturated rings. The first kappa shape index (κ1) is 20.1. The highest BCUT2D eigenvalue weighted by atomic mass is 32.2. The van der Waals surface area contributed by atoms with E-state index in [2.05, 4.69) is 11.4 Å². The molecule has 0 radical (unpaired) electrons. The van der Waals surface area contributed by atoms with Crippen molar-refractivity contribution in [2.75, 3.05) is 25.2 Å². The fraction of sp³-hybridized carbons (Fsp3) is 0.400. The minimum atomic E-state index is -3.62. The molecule has 28 heavy (non-hydrogen) atoms. The predicted molar refractivity (Wildman–Crippen MR) is 108 cm³/mol. The molecule has 0 unspecified atom stereocenters. The van der Waals surface area contributed by atoms with Crippen LogP contribution in [-0.2, 0) is 15.3 Å². The Bertz CT molecular complexity index is 982. The zero-order valence-corrected chi connectivity index (χ0v) is 16.8. The van der Waals surface area contributed by atoms with Crippen LogP contribution in [0.2, 0.25) is 0 Å². The third kappa shape index (κ3) is 3.96. The molecule has 1 N–H and O–H groups in total. The molecule has 150 valence electrons. The maximum absolute atomic E-state index is 12.2. The Morgan fingerprint density at radius 3 is 2.46 bits per heavy atom. The summed E-state index contributed by atoms with van der Waals surface area (Å²) in [5.74, 6) is 0.818. The van der Waals surface area contributed by atoms with E-state index in [1.54, 1.807) is 7.11 Å². The highest BCUT2D eigenvalue weighted by Gasteiger charge is 2.38. The largest absolute Gasteiger partial charge is 0.496 e. The smallest absolute Gasteiger partial charge is 0.270 e. The summed E-state index contributed by atoms with van der Waals surface area (Å²) in [4.78, 5) is 10.4. The summed E-state index contributed by atoms with van der Waals surface area (Å²) in [6.07, 6.45) is 5.14. The average molecular weight is 404 g/mol. The normalized spacial score (nSPS) is 15.9. The fourth-order valence-electron chi connectivity index (χ4n) is 4.02. The van der Waals surface area contributed by atoms with Crippen LogP contribution in [0.3, 0.4) is 0 Å². The third-order valence-corrected chi connectivity index (χ3v) is 6.57. The van der Waals surface area contributed by atoms with Gasteiger partial charge in [-0.15, -0.1) is 0 Å². The second-order valence-electron chi connectivity index (χ2n) is 7.25. The number of nitro groups is 1. The van der Waals surface area contributed by atoms with Gasteiger partial charge in [0.25, 0.3) is 5.69 Å². The number of hydrogen-bond donors (Lipinski definition) is 1.